The van der Waals surface area contributed by atoms with Crippen LogP contribution < -0.4 is 4.90 Å². The fraction of sp³-hybridized carbons (Fsp3) is 0.714. The first-order valence-corrected chi connectivity index (χ1v) is 10.1. The number of ether oxygens (including phenoxy) is 1. The van der Waals surface area contributed by atoms with Gasteiger partial charge in [0, 0.05) is 37.4 Å². The second kappa shape index (κ2) is 8.07. The molecule has 1 aromatic rings. The van der Waals surface area contributed by atoms with Crippen molar-refractivity contribution in [1.29, 1.82) is 0 Å². The van der Waals surface area contributed by atoms with E-state index in [0.717, 1.165) is 19.6 Å². The second-order valence-corrected chi connectivity index (χ2v) is 8.07. The lowest BCUT2D eigenvalue weighted by Crippen LogP contribution is -2.56. The van der Waals surface area contributed by atoms with Gasteiger partial charge < -0.3 is 14.7 Å². The molecule has 1 saturated carbocycles. The van der Waals surface area contributed by atoms with Gasteiger partial charge in [0.25, 0.3) is 0 Å². The van der Waals surface area contributed by atoms with Crippen LogP contribution in [0.1, 0.15) is 44.9 Å². The molecule has 3 aliphatic rings. The average molecular weight is 344 g/mol. The van der Waals surface area contributed by atoms with Crippen molar-refractivity contribution < 1.29 is 9.84 Å². The molecule has 2 heterocycles. The molecule has 4 rings (SSSR count). The van der Waals surface area contributed by atoms with Crippen molar-refractivity contribution in [2.24, 2.45) is 0 Å². The molecule has 0 aromatic heterocycles. The number of aliphatic hydroxyl groups excluding tert-OH is 1. The predicted octanol–water partition coefficient (Wildman–Crippen LogP) is 3.05. The minimum atomic E-state index is -0.353. The molecule has 138 valence electrons. The third-order valence-electron chi connectivity index (χ3n) is 6.25. The molecule has 2 unspecified atom stereocenters. The minimum absolute atomic E-state index is 0.353. The summed E-state index contributed by atoms with van der Waals surface area (Å²) >= 11 is 0. The summed E-state index contributed by atoms with van der Waals surface area (Å²) in [6, 6.07) is 11.9. The largest absolute Gasteiger partial charge is 0.389 e. The summed E-state index contributed by atoms with van der Waals surface area (Å²) in [5.41, 5.74) is 1.33. The number of hydrogen-bond donors (Lipinski definition) is 1. The van der Waals surface area contributed by atoms with Crippen LogP contribution in [0, 0.1) is 0 Å². The van der Waals surface area contributed by atoms with Crippen LogP contribution in [0.5, 0.6) is 0 Å². The molecule has 1 aromatic carbocycles. The Labute approximate surface area is 151 Å². The molecule has 3 atom stereocenters. The van der Waals surface area contributed by atoms with E-state index in [-0.39, 0.29) is 6.10 Å². The Bertz CT molecular complexity index is 518. The molecule has 1 aliphatic carbocycles. The number of piperazine rings is 1. The van der Waals surface area contributed by atoms with Gasteiger partial charge in [0.2, 0.25) is 0 Å². The Kier molecular flexibility index (Phi) is 5.59. The molecule has 2 saturated heterocycles. The molecule has 2 bridgehead atoms. The van der Waals surface area contributed by atoms with Crippen LogP contribution in [0.15, 0.2) is 30.3 Å². The normalized spacial score (nSPS) is 29.1. The van der Waals surface area contributed by atoms with Crippen molar-refractivity contribution in [1.82, 2.24) is 4.90 Å². The van der Waals surface area contributed by atoms with Gasteiger partial charge in [-0.05, 0) is 37.8 Å². The predicted molar refractivity (Wildman–Crippen MR) is 101 cm³/mol. The summed E-state index contributed by atoms with van der Waals surface area (Å²) in [5, 5.41) is 10.5. The van der Waals surface area contributed by atoms with Crippen molar-refractivity contribution >= 4 is 5.69 Å². The first-order valence-electron chi connectivity index (χ1n) is 10.1. The SMILES string of the molecule is O[C@@H](COC1CCCCC1)CN1C2CCC1CN(c1ccccc1)C2. The molecule has 4 heteroatoms. The maximum atomic E-state index is 10.5. The molecule has 1 N–H and O–H groups in total. The van der Waals surface area contributed by atoms with E-state index < -0.39 is 0 Å². The summed E-state index contributed by atoms with van der Waals surface area (Å²) in [5.74, 6) is 0. The van der Waals surface area contributed by atoms with Crippen LogP contribution >= 0.6 is 0 Å². The van der Waals surface area contributed by atoms with Gasteiger partial charge in [0.05, 0.1) is 18.8 Å². The van der Waals surface area contributed by atoms with Crippen LogP contribution in [-0.4, -0.2) is 60.5 Å². The van der Waals surface area contributed by atoms with E-state index in [4.69, 9.17) is 4.74 Å². The van der Waals surface area contributed by atoms with Crippen LogP contribution in [0.2, 0.25) is 0 Å². The fourth-order valence-electron chi connectivity index (χ4n) is 4.91. The first kappa shape index (κ1) is 17.3. The first-order chi connectivity index (χ1) is 12.3. The lowest BCUT2D eigenvalue weighted by molar-refractivity contribution is -0.0389. The molecule has 2 aliphatic heterocycles. The van der Waals surface area contributed by atoms with Crippen LogP contribution in [0.4, 0.5) is 5.69 Å². The highest BCUT2D eigenvalue weighted by molar-refractivity contribution is 5.47. The van der Waals surface area contributed by atoms with Crippen molar-refractivity contribution in [3.8, 4) is 0 Å². The maximum absolute atomic E-state index is 10.5. The van der Waals surface area contributed by atoms with E-state index in [9.17, 15) is 5.11 Å². The molecule has 0 radical (unpaired) electrons. The highest BCUT2D eigenvalue weighted by Crippen LogP contribution is 2.32. The van der Waals surface area contributed by atoms with Crippen molar-refractivity contribution in [2.75, 3.05) is 31.1 Å². The Morgan fingerprint density at radius 2 is 1.64 bits per heavy atom. The molecule has 0 amide bonds. The number of anilines is 1. The number of fused-ring (bicyclic) bond motifs is 2. The maximum Gasteiger partial charge on any atom is 0.0900 e. The van der Waals surface area contributed by atoms with Crippen LogP contribution in [0.3, 0.4) is 0 Å². The van der Waals surface area contributed by atoms with Gasteiger partial charge in [-0.15, -0.1) is 0 Å². The number of benzene rings is 1. The number of aliphatic hydroxyl groups is 1. The van der Waals surface area contributed by atoms with Gasteiger partial charge in [-0.1, -0.05) is 37.5 Å². The third-order valence-corrected chi connectivity index (χ3v) is 6.25. The Morgan fingerprint density at radius 1 is 0.960 bits per heavy atom. The van der Waals surface area contributed by atoms with Gasteiger partial charge in [0.15, 0.2) is 0 Å². The van der Waals surface area contributed by atoms with Gasteiger partial charge in [-0.2, -0.15) is 0 Å². The van der Waals surface area contributed by atoms with Crippen LogP contribution in [0.25, 0.3) is 0 Å². The molecule has 25 heavy (non-hydrogen) atoms. The van der Waals surface area contributed by atoms with Crippen molar-refractivity contribution in [3.63, 3.8) is 0 Å². The number of nitrogens with zero attached hydrogens (tertiary/aromatic N) is 2. The fourth-order valence-corrected chi connectivity index (χ4v) is 4.91. The minimum Gasteiger partial charge on any atom is -0.389 e. The van der Waals surface area contributed by atoms with Crippen molar-refractivity contribution in [3.05, 3.63) is 30.3 Å². The quantitative estimate of drug-likeness (QED) is 0.860. The van der Waals surface area contributed by atoms with Gasteiger partial charge in [0.1, 0.15) is 0 Å². The highest BCUT2D eigenvalue weighted by atomic mass is 16.5. The van der Waals surface area contributed by atoms with E-state index >= 15 is 0 Å². The molecular weight excluding hydrogens is 312 g/mol. The summed E-state index contributed by atoms with van der Waals surface area (Å²) in [6.07, 6.45) is 8.80. The summed E-state index contributed by atoms with van der Waals surface area (Å²) in [6.45, 7) is 3.43. The van der Waals surface area contributed by atoms with Gasteiger partial charge in [-0.25, -0.2) is 0 Å². The number of hydrogen-bond acceptors (Lipinski definition) is 4. The summed E-state index contributed by atoms with van der Waals surface area (Å²) in [7, 11) is 0. The van der Waals surface area contributed by atoms with Crippen LogP contribution in [-0.2, 0) is 4.74 Å². The van der Waals surface area contributed by atoms with Gasteiger partial charge >= 0.3 is 0 Å². The molecule has 4 nitrogen and oxygen atoms in total. The average Bonchev–Trinajstić information content (AvgIpc) is 2.89. The zero-order chi connectivity index (χ0) is 17.1. The topological polar surface area (TPSA) is 35.9 Å². The molecule has 3 fully saturated rings. The molecular formula is C21H32N2O2. The lowest BCUT2D eigenvalue weighted by Gasteiger charge is -2.43. The second-order valence-electron chi connectivity index (χ2n) is 8.07. The monoisotopic (exact) mass is 344 g/mol. The number of para-hydroxylation sites is 1. The molecule has 0 spiro atoms. The Morgan fingerprint density at radius 3 is 2.32 bits per heavy atom. The van der Waals surface area contributed by atoms with E-state index in [1.165, 1.54) is 50.6 Å². The number of rotatable bonds is 6. The van der Waals surface area contributed by atoms with E-state index in [1.807, 2.05) is 0 Å². The van der Waals surface area contributed by atoms with E-state index in [2.05, 4.69) is 40.1 Å². The summed E-state index contributed by atoms with van der Waals surface area (Å²) in [4.78, 5) is 5.07. The van der Waals surface area contributed by atoms with E-state index in [1.54, 1.807) is 0 Å². The highest BCUT2D eigenvalue weighted by Gasteiger charge is 2.40. The Balaban J connectivity index is 1.27. The Hall–Kier alpha value is -1.10. The standard InChI is InChI=1S/C21H32N2O2/c24-20(16-25-21-9-5-2-6-10-21)15-23-18-11-12-19(23)14-22(13-18)17-7-3-1-4-8-17/h1,3-4,7-8,18-21,24H,2,5-6,9-16H2/t18?,19?,20-/m1/s1. The van der Waals surface area contributed by atoms with Gasteiger partial charge in [-0.3, -0.25) is 4.90 Å². The zero-order valence-corrected chi connectivity index (χ0v) is 15.2. The van der Waals surface area contributed by atoms with Crippen molar-refractivity contribution in [2.45, 2.75) is 69.2 Å². The zero-order valence-electron chi connectivity index (χ0n) is 15.2. The van der Waals surface area contributed by atoms with E-state index in [0.29, 0.717) is 24.8 Å². The smallest absolute Gasteiger partial charge is 0.0900 e. The summed E-state index contributed by atoms with van der Waals surface area (Å²) < 4.78 is 5.98. The lowest BCUT2D eigenvalue weighted by atomic mass is 9.98. The third kappa shape index (κ3) is 4.18.